The predicted molar refractivity (Wildman–Crippen MR) is 87.2 cm³/mol. The van der Waals surface area contributed by atoms with Gasteiger partial charge in [0.05, 0.1) is 30.5 Å². The highest BCUT2D eigenvalue weighted by molar-refractivity contribution is 7.89. The van der Waals surface area contributed by atoms with Gasteiger partial charge < -0.3 is 9.30 Å². The van der Waals surface area contributed by atoms with Gasteiger partial charge in [0.25, 0.3) is 0 Å². The molecule has 1 saturated heterocycles. The number of aromatic nitrogens is 2. The second-order valence-electron chi connectivity index (χ2n) is 5.70. The Hall–Kier alpha value is -2.03. The van der Waals surface area contributed by atoms with E-state index in [2.05, 4.69) is 4.98 Å². The van der Waals surface area contributed by atoms with Crippen LogP contribution in [0.5, 0.6) is 0 Å². The lowest BCUT2D eigenvalue weighted by Crippen LogP contribution is -2.46. The summed E-state index contributed by atoms with van der Waals surface area (Å²) in [6, 6.07) is 6.04. The first-order chi connectivity index (χ1) is 11.5. The van der Waals surface area contributed by atoms with E-state index < -0.39 is 10.0 Å². The summed E-state index contributed by atoms with van der Waals surface area (Å²) < 4.78 is 34.5. The van der Waals surface area contributed by atoms with Gasteiger partial charge in [-0.1, -0.05) is 12.1 Å². The zero-order valence-electron chi connectivity index (χ0n) is 13.3. The number of imidazole rings is 1. The number of ether oxygens (including phenoxy) is 1. The Morgan fingerprint density at radius 1 is 1.33 bits per heavy atom. The van der Waals surface area contributed by atoms with Crippen LogP contribution in [0.25, 0.3) is 0 Å². The third-order valence-electron chi connectivity index (χ3n) is 3.97. The number of carbonyl (C=O) groups is 1. The molecule has 1 aromatic heterocycles. The van der Waals surface area contributed by atoms with Crippen LogP contribution in [0.15, 0.2) is 47.9 Å². The predicted octanol–water partition coefficient (Wildman–Crippen LogP) is 1.18. The van der Waals surface area contributed by atoms with E-state index >= 15 is 0 Å². The quantitative estimate of drug-likeness (QED) is 0.757. The van der Waals surface area contributed by atoms with Crippen molar-refractivity contribution < 1.29 is 17.9 Å². The second kappa shape index (κ2) is 6.84. The van der Waals surface area contributed by atoms with Crippen molar-refractivity contribution in [1.29, 1.82) is 0 Å². The summed E-state index contributed by atoms with van der Waals surface area (Å²) in [6.45, 7) is 2.96. The van der Waals surface area contributed by atoms with Gasteiger partial charge in [0.15, 0.2) is 5.78 Å². The molecule has 0 saturated carbocycles. The van der Waals surface area contributed by atoms with Gasteiger partial charge in [-0.3, -0.25) is 4.79 Å². The molecule has 0 aliphatic carbocycles. The summed E-state index contributed by atoms with van der Waals surface area (Å²) in [6.07, 6.45) is 4.95. The van der Waals surface area contributed by atoms with Gasteiger partial charge in [-0.2, -0.15) is 4.31 Å². The van der Waals surface area contributed by atoms with Crippen LogP contribution in [0.2, 0.25) is 0 Å². The van der Waals surface area contributed by atoms with Crippen LogP contribution in [0.3, 0.4) is 0 Å². The Bertz CT molecular complexity index is 800. The largest absolute Gasteiger partial charge is 0.374 e. The Balaban J connectivity index is 1.74. The SMILES string of the molecule is CC(=O)c1ccc(S(=O)(=O)N2CCO[C@H](Cn3ccnc3)C2)cc1. The molecule has 24 heavy (non-hydrogen) atoms. The first-order valence-corrected chi connectivity index (χ1v) is 9.09. The first-order valence-electron chi connectivity index (χ1n) is 7.65. The van der Waals surface area contributed by atoms with Crippen LogP contribution in [-0.2, 0) is 21.3 Å². The maximum Gasteiger partial charge on any atom is 0.243 e. The van der Waals surface area contributed by atoms with Crippen molar-refractivity contribution in [1.82, 2.24) is 13.9 Å². The molecule has 128 valence electrons. The fourth-order valence-corrected chi connectivity index (χ4v) is 4.12. The first kappa shape index (κ1) is 16.8. The van der Waals surface area contributed by atoms with E-state index in [0.717, 1.165) is 0 Å². The number of carbonyl (C=O) groups excluding carboxylic acids is 1. The highest BCUT2D eigenvalue weighted by Gasteiger charge is 2.30. The molecule has 7 nitrogen and oxygen atoms in total. The number of rotatable bonds is 5. The maximum atomic E-state index is 12.8. The molecule has 1 aliphatic rings. The Labute approximate surface area is 140 Å². The zero-order chi connectivity index (χ0) is 17.2. The normalized spacial score (nSPS) is 19.3. The molecule has 1 aromatic carbocycles. The minimum absolute atomic E-state index is 0.0919. The molecular formula is C16H19N3O4S. The minimum atomic E-state index is -3.60. The van der Waals surface area contributed by atoms with Crippen molar-refractivity contribution >= 4 is 15.8 Å². The van der Waals surface area contributed by atoms with Crippen LogP contribution < -0.4 is 0 Å². The van der Waals surface area contributed by atoms with E-state index in [9.17, 15) is 13.2 Å². The fraction of sp³-hybridized carbons (Fsp3) is 0.375. The maximum absolute atomic E-state index is 12.8. The van der Waals surface area contributed by atoms with Gasteiger partial charge in [-0.05, 0) is 19.1 Å². The second-order valence-corrected chi connectivity index (χ2v) is 7.63. The highest BCUT2D eigenvalue weighted by atomic mass is 32.2. The summed E-state index contributed by atoms with van der Waals surface area (Å²) in [4.78, 5) is 15.5. The lowest BCUT2D eigenvalue weighted by molar-refractivity contribution is -0.0102. The monoisotopic (exact) mass is 349 g/mol. The number of hydrogen-bond donors (Lipinski definition) is 0. The molecule has 0 radical (unpaired) electrons. The molecule has 1 fully saturated rings. The molecule has 2 aromatic rings. The van der Waals surface area contributed by atoms with Gasteiger partial charge in [-0.15, -0.1) is 0 Å². The number of hydrogen-bond acceptors (Lipinski definition) is 5. The van der Waals surface area contributed by atoms with Crippen LogP contribution >= 0.6 is 0 Å². The summed E-state index contributed by atoms with van der Waals surface area (Å²) in [5.41, 5.74) is 0.494. The van der Waals surface area contributed by atoms with Crippen molar-refractivity contribution in [2.24, 2.45) is 0 Å². The van der Waals surface area contributed by atoms with Crippen molar-refractivity contribution in [3.05, 3.63) is 48.5 Å². The molecule has 1 aliphatic heterocycles. The van der Waals surface area contributed by atoms with E-state index in [0.29, 0.717) is 25.3 Å². The van der Waals surface area contributed by atoms with E-state index in [1.54, 1.807) is 24.7 Å². The minimum Gasteiger partial charge on any atom is -0.374 e. The third kappa shape index (κ3) is 3.55. The van der Waals surface area contributed by atoms with Crippen LogP contribution in [0.1, 0.15) is 17.3 Å². The molecular weight excluding hydrogens is 330 g/mol. The molecule has 3 rings (SSSR count). The number of morpholine rings is 1. The average molecular weight is 349 g/mol. The summed E-state index contributed by atoms with van der Waals surface area (Å²) >= 11 is 0. The van der Waals surface area contributed by atoms with Gasteiger partial charge in [0.1, 0.15) is 0 Å². The summed E-state index contributed by atoms with van der Waals surface area (Å²) in [5.74, 6) is -0.0919. The third-order valence-corrected chi connectivity index (χ3v) is 5.85. The summed E-state index contributed by atoms with van der Waals surface area (Å²) in [7, 11) is -3.60. The number of benzene rings is 1. The van der Waals surface area contributed by atoms with Crippen molar-refractivity contribution in [2.45, 2.75) is 24.5 Å². The molecule has 0 unspecified atom stereocenters. The number of sulfonamides is 1. The van der Waals surface area contributed by atoms with Crippen LogP contribution in [0, 0.1) is 0 Å². The molecule has 2 heterocycles. The average Bonchev–Trinajstić information content (AvgIpc) is 3.08. The smallest absolute Gasteiger partial charge is 0.243 e. The van der Waals surface area contributed by atoms with Crippen molar-refractivity contribution in [3.8, 4) is 0 Å². The van der Waals surface area contributed by atoms with E-state index in [4.69, 9.17) is 4.74 Å². The van der Waals surface area contributed by atoms with Crippen molar-refractivity contribution in [3.63, 3.8) is 0 Å². The number of ketones is 1. The number of Topliss-reactive ketones (excluding diaryl/α,β-unsaturated/α-hetero) is 1. The highest BCUT2D eigenvalue weighted by Crippen LogP contribution is 2.20. The Morgan fingerprint density at radius 3 is 2.71 bits per heavy atom. The standard InChI is InChI=1S/C16H19N3O4S/c1-13(20)14-2-4-16(5-3-14)24(21,22)19-8-9-23-15(11-19)10-18-7-6-17-12-18/h2-7,12,15H,8-11H2,1H3/t15-/m1/s1. The van der Waals surface area contributed by atoms with E-state index in [1.165, 1.54) is 23.4 Å². The molecule has 0 N–H and O–H groups in total. The van der Waals surface area contributed by atoms with Gasteiger partial charge in [0, 0.05) is 31.0 Å². The number of nitrogens with zero attached hydrogens (tertiary/aromatic N) is 3. The van der Waals surface area contributed by atoms with Gasteiger partial charge in [-0.25, -0.2) is 13.4 Å². The molecule has 0 spiro atoms. The fourth-order valence-electron chi connectivity index (χ4n) is 2.66. The lowest BCUT2D eigenvalue weighted by atomic mass is 10.2. The Kier molecular flexibility index (Phi) is 4.79. The van der Waals surface area contributed by atoms with Crippen molar-refractivity contribution in [2.75, 3.05) is 19.7 Å². The van der Waals surface area contributed by atoms with Crippen LogP contribution in [-0.4, -0.2) is 53.9 Å². The van der Waals surface area contributed by atoms with E-state index in [-0.39, 0.29) is 23.3 Å². The molecule has 8 heteroatoms. The van der Waals surface area contributed by atoms with E-state index in [1.807, 2.05) is 10.8 Å². The molecule has 1 atom stereocenters. The summed E-state index contributed by atoms with van der Waals surface area (Å²) in [5, 5.41) is 0. The van der Waals surface area contributed by atoms with Gasteiger partial charge in [0.2, 0.25) is 10.0 Å². The Morgan fingerprint density at radius 2 is 2.08 bits per heavy atom. The molecule has 0 bridgehead atoms. The topological polar surface area (TPSA) is 81.5 Å². The lowest BCUT2D eigenvalue weighted by Gasteiger charge is -2.32. The zero-order valence-corrected chi connectivity index (χ0v) is 14.1. The van der Waals surface area contributed by atoms with Crippen LogP contribution in [0.4, 0.5) is 0 Å². The van der Waals surface area contributed by atoms with Gasteiger partial charge >= 0.3 is 0 Å². The molecule has 0 amide bonds.